The van der Waals surface area contributed by atoms with Crippen molar-refractivity contribution < 1.29 is 0 Å². The van der Waals surface area contributed by atoms with E-state index in [9.17, 15) is 0 Å². The summed E-state index contributed by atoms with van der Waals surface area (Å²) in [5.74, 6) is 1.74. The van der Waals surface area contributed by atoms with Gasteiger partial charge in [-0.15, -0.1) is 0 Å². The lowest BCUT2D eigenvalue weighted by atomic mass is 9.92. The van der Waals surface area contributed by atoms with Crippen molar-refractivity contribution in [2.45, 2.75) is 52.5 Å². The molecular weight excluding hydrogens is 146 g/mol. The summed E-state index contributed by atoms with van der Waals surface area (Å²) in [6.45, 7) is 8.25. The van der Waals surface area contributed by atoms with E-state index in [1.807, 2.05) is 0 Å². The minimum Gasteiger partial charge on any atom is -0.314 e. The third kappa shape index (κ3) is 3.57. The van der Waals surface area contributed by atoms with Gasteiger partial charge in [-0.3, -0.25) is 0 Å². The Morgan fingerprint density at radius 1 is 1.25 bits per heavy atom. The van der Waals surface area contributed by atoms with E-state index in [1.165, 1.54) is 32.2 Å². The van der Waals surface area contributed by atoms with Gasteiger partial charge in [0.25, 0.3) is 0 Å². The van der Waals surface area contributed by atoms with Crippen LogP contribution in [-0.2, 0) is 0 Å². The summed E-state index contributed by atoms with van der Waals surface area (Å²) in [6.07, 6.45) is 5.53. The van der Waals surface area contributed by atoms with Crippen LogP contribution >= 0.6 is 0 Å². The summed E-state index contributed by atoms with van der Waals surface area (Å²) in [6, 6.07) is 0.876. The van der Waals surface area contributed by atoms with Gasteiger partial charge in [-0.05, 0) is 31.2 Å². The molecule has 1 aliphatic carbocycles. The number of hydrogen-bond acceptors (Lipinski definition) is 1. The molecule has 0 radical (unpaired) electrons. The fourth-order valence-corrected chi connectivity index (χ4v) is 1.58. The first kappa shape index (κ1) is 10.0. The van der Waals surface area contributed by atoms with E-state index in [1.54, 1.807) is 0 Å². The average Bonchev–Trinajstić information content (AvgIpc) is 2.83. The quantitative estimate of drug-likeness (QED) is 0.644. The molecule has 0 aromatic carbocycles. The van der Waals surface area contributed by atoms with Gasteiger partial charge in [-0.25, -0.2) is 0 Å². The zero-order chi connectivity index (χ0) is 8.97. The van der Waals surface area contributed by atoms with E-state index >= 15 is 0 Å². The lowest BCUT2D eigenvalue weighted by Gasteiger charge is -2.19. The van der Waals surface area contributed by atoms with Gasteiger partial charge in [-0.2, -0.15) is 0 Å². The van der Waals surface area contributed by atoms with Crippen molar-refractivity contribution in [3.05, 3.63) is 0 Å². The maximum Gasteiger partial charge on any atom is 0.00683 e. The van der Waals surface area contributed by atoms with Crippen molar-refractivity contribution in [1.29, 1.82) is 0 Å². The van der Waals surface area contributed by atoms with Gasteiger partial charge in [0.2, 0.25) is 0 Å². The first-order chi connectivity index (χ1) is 5.74. The summed E-state index contributed by atoms with van der Waals surface area (Å²) in [7, 11) is 0. The molecule has 0 aromatic heterocycles. The molecule has 0 spiro atoms. The molecule has 1 fully saturated rings. The predicted octanol–water partition coefficient (Wildman–Crippen LogP) is 2.81. The molecule has 2 atom stereocenters. The van der Waals surface area contributed by atoms with E-state index < -0.39 is 0 Å². The smallest absolute Gasteiger partial charge is 0.00683 e. The normalized spacial score (nSPS) is 22.2. The van der Waals surface area contributed by atoms with Crippen LogP contribution in [0.15, 0.2) is 0 Å². The van der Waals surface area contributed by atoms with Gasteiger partial charge in [0, 0.05) is 6.04 Å². The van der Waals surface area contributed by atoms with E-state index in [-0.39, 0.29) is 0 Å². The summed E-state index contributed by atoms with van der Waals surface area (Å²) in [5, 5.41) is 3.60. The second kappa shape index (κ2) is 4.86. The van der Waals surface area contributed by atoms with Crippen molar-refractivity contribution in [3.63, 3.8) is 0 Å². The van der Waals surface area contributed by atoms with E-state index in [0.717, 1.165) is 17.9 Å². The van der Waals surface area contributed by atoms with Crippen molar-refractivity contribution in [3.8, 4) is 0 Å². The fraction of sp³-hybridized carbons (Fsp3) is 1.00. The van der Waals surface area contributed by atoms with Crippen LogP contribution in [0.3, 0.4) is 0 Å². The Kier molecular flexibility index (Phi) is 4.07. The fourth-order valence-electron chi connectivity index (χ4n) is 1.58. The van der Waals surface area contributed by atoms with Crippen molar-refractivity contribution in [1.82, 2.24) is 5.32 Å². The summed E-state index contributed by atoms with van der Waals surface area (Å²) < 4.78 is 0. The van der Waals surface area contributed by atoms with Gasteiger partial charge in [0.15, 0.2) is 0 Å². The maximum atomic E-state index is 3.60. The van der Waals surface area contributed by atoms with Crippen LogP contribution < -0.4 is 5.32 Å². The SMILES string of the molecule is CCCC(C)C(C)CNC1CC1. The molecule has 0 bridgehead atoms. The average molecular weight is 169 g/mol. The van der Waals surface area contributed by atoms with E-state index in [4.69, 9.17) is 0 Å². The van der Waals surface area contributed by atoms with Crippen molar-refractivity contribution in [2.75, 3.05) is 6.54 Å². The first-order valence-corrected chi connectivity index (χ1v) is 5.47. The largest absolute Gasteiger partial charge is 0.314 e. The highest BCUT2D eigenvalue weighted by Crippen LogP contribution is 2.21. The van der Waals surface area contributed by atoms with Crippen LogP contribution in [-0.4, -0.2) is 12.6 Å². The minimum absolute atomic E-state index is 0.852. The third-order valence-corrected chi connectivity index (χ3v) is 3.02. The highest BCUT2D eigenvalue weighted by atomic mass is 14.9. The van der Waals surface area contributed by atoms with Gasteiger partial charge in [0.05, 0.1) is 0 Å². The van der Waals surface area contributed by atoms with Crippen molar-refractivity contribution in [2.24, 2.45) is 11.8 Å². The molecule has 1 nitrogen and oxygen atoms in total. The zero-order valence-corrected chi connectivity index (χ0v) is 8.77. The second-order valence-electron chi connectivity index (χ2n) is 4.43. The van der Waals surface area contributed by atoms with Crippen LogP contribution in [0.5, 0.6) is 0 Å². The molecule has 1 aliphatic rings. The number of nitrogens with one attached hydrogen (secondary N) is 1. The Bertz CT molecular complexity index is 118. The van der Waals surface area contributed by atoms with Crippen LogP contribution in [0, 0.1) is 11.8 Å². The molecule has 0 heterocycles. The molecule has 0 amide bonds. The van der Waals surface area contributed by atoms with Gasteiger partial charge in [0.1, 0.15) is 0 Å². The molecule has 1 N–H and O–H groups in total. The van der Waals surface area contributed by atoms with Crippen LogP contribution in [0.1, 0.15) is 46.5 Å². The molecule has 0 aromatic rings. The second-order valence-corrected chi connectivity index (χ2v) is 4.43. The summed E-state index contributed by atoms with van der Waals surface area (Å²) in [5.41, 5.74) is 0. The molecule has 2 unspecified atom stereocenters. The van der Waals surface area contributed by atoms with Crippen LogP contribution in [0.25, 0.3) is 0 Å². The topological polar surface area (TPSA) is 12.0 Å². The Labute approximate surface area is 76.9 Å². The number of rotatable bonds is 6. The molecule has 12 heavy (non-hydrogen) atoms. The summed E-state index contributed by atoms with van der Waals surface area (Å²) in [4.78, 5) is 0. The third-order valence-electron chi connectivity index (χ3n) is 3.02. The van der Waals surface area contributed by atoms with Crippen molar-refractivity contribution >= 4 is 0 Å². The first-order valence-electron chi connectivity index (χ1n) is 5.47. The molecular formula is C11H23N. The monoisotopic (exact) mass is 169 g/mol. The zero-order valence-electron chi connectivity index (χ0n) is 8.77. The lowest BCUT2D eigenvalue weighted by Crippen LogP contribution is -2.26. The Balaban J connectivity index is 2.03. The predicted molar refractivity (Wildman–Crippen MR) is 54.3 cm³/mol. The molecule has 1 saturated carbocycles. The number of hydrogen-bond donors (Lipinski definition) is 1. The Morgan fingerprint density at radius 3 is 2.42 bits per heavy atom. The summed E-state index contributed by atoms with van der Waals surface area (Å²) >= 11 is 0. The molecule has 72 valence electrons. The Hall–Kier alpha value is -0.0400. The van der Waals surface area contributed by atoms with Crippen LogP contribution in [0.2, 0.25) is 0 Å². The van der Waals surface area contributed by atoms with Gasteiger partial charge < -0.3 is 5.32 Å². The minimum atomic E-state index is 0.852. The highest BCUT2D eigenvalue weighted by molar-refractivity contribution is 4.81. The van der Waals surface area contributed by atoms with E-state index in [0.29, 0.717) is 0 Å². The van der Waals surface area contributed by atoms with E-state index in [2.05, 4.69) is 26.1 Å². The van der Waals surface area contributed by atoms with Gasteiger partial charge in [-0.1, -0.05) is 33.6 Å². The van der Waals surface area contributed by atoms with Gasteiger partial charge >= 0.3 is 0 Å². The molecule has 0 aliphatic heterocycles. The lowest BCUT2D eigenvalue weighted by molar-refractivity contribution is 0.344. The maximum absolute atomic E-state index is 3.60. The molecule has 0 saturated heterocycles. The van der Waals surface area contributed by atoms with Crippen LogP contribution in [0.4, 0.5) is 0 Å². The molecule has 1 heteroatoms. The molecule has 1 rings (SSSR count). The Morgan fingerprint density at radius 2 is 1.92 bits per heavy atom. The standard InChI is InChI=1S/C11H23N/c1-4-5-9(2)10(3)8-12-11-6-7-11/h9-12H,4-8H2,1-3H3. The highest BCUT2D eigenvalue weighted by Gasteiger charge is 2.21.